The van der Waals surface area contributed by atoms with Crippen molar-refractivity contribution in [1.82, 2.24) is 0 Å². The Bertz CT molecular complexity index is 379. The van der Waals surface area contributed by atoms with Crippen molar-refractivity contribution >= 4 is 5.78 Å². The summed E-state index contributed by atoms with van der Waals surface area (Å²) in [5, 5.41) is 10.3. The van der Waals surface area contributed by atoms with Gasteiger partial charge in [0.1, 0.15) is 5.78 Å². The van der Waals surface area contributed by atoms with Crippen molar-refractivity contribution in [2.75, 3.05) is 0 Å². The Labute approximate surface area is 109 Å². The number of aliphatic hydroxyl groups is 1. The Morgan fingerprint density at radius 3 is 2.39 bits per heavy atom. The van der Waals surface area contributed by atoms with E-state index in [9.17, 15) is 9.90 Å². The summed E-state index contributed by atoms with van der Waals surface area (Å²) < 4.78 is 0. The van der Waals surface area contributed by atoms with Gasteiger partial charge in [0.25, 0.3) is 0 Å². The first-order valence-electron chi connectivity index (χ1n) is 6.97. The molecule has 0 heterocycles. The molecule has 2 rings (SSSR count). The quantitative estimate of drug-likeness (QED) is 0.882. The molecule has 1 saturated carbocycles. The highest BCUT2D eigenvalue weighted by Crippen LogP contribution is 2.31. The Balaban J connectivity index is 2.01. The first-order valence-corrected chi connectivity index (χ1v) is 6.97. The van der Waals surface area contributed by atoms with E-state index in [1.807, 2.05) is 37.3 Å². The van der Waals surface area contributed by atoms with E-state index in [-0.39, 0.29) is 17.6 Å². The number of hydrogen-bond donors (Lipinski definition) is 1. The molecular weight excluding hydrogens is 224 g/mol. The van der Waals surface area contributed by atoms with Crippen LogP contribution in [0.3, 0.4) is 0 Å². The van der Waals surface area contributed by atoms with Crippen LogP contribution >= 0.6 is 0 Å². The van der Waals surface area contributed by atoms with Gasteiger partial charge in [-0.05, 0) is 18.4 Å². The normalized spacial score (nSPS) is 20.3. The van der Waals surface area contributed by atoms with E-state index in [0.29, 0.717) is 0 Å². The second kappa shape index (κ2) is 6.14. The van der Waals surface area contributed by atoms with E-state index in [4.69, 9.17) is 0 Å². The van der Waals surface area contributed by atoms with Crippen molar-refractivity contribution in [2.24, 2.45) is 11.8 Å². The summed E-state index contributed by atoms with van der Waals surface area (Å²) in [5.74, 6) is 0.119. The SMILES string of the molecule is C[C@@H](C(=O)C1CCCCC1)[C@H](O)c1ccccc1. The Kier molecular flexibility index (Phi) is 4.54. The summed E-state index contributed by atoms with van der Waals surface area (Å²) in [6.45, 7) is 1.86. The fraction of sp³-hybridized carbons (Fsp3) is 0.562. The minimum atomic E-state index is -0.666. The van der Waals surface area contributed by atoms with Crippen LogP contribution in [-0.2, 0) is 4.79 Å². The Morgan fingerprint density at radius 2 is 1.78 bits per heavy atom. The van der Waals surface area contributed by atoms with Gasteiger partial charge in [-0.1, -0.05) is 56.5 Å². The van der Waals surface area contributed by atoms with Crippen molar-refractivity contribution in [3.63, 3.8) is 0 Å². The minimum Gasteiger partial charge on any atom is -0.388 e. The van der Waals surface area contributed by atoms with E-state index in [2.05, 4.69) is 0 Å². The van der Waals surface area contributed by atoms with E-state index in [1.54, 1.807) is 0 Å². The zero-order valence-corrected chi connectivity index (χ0v) is 11.0. The molecule has 1 aromatic rings. The summed E-state index contributed by atoms with van der Waals surface area (Å²) in [6.07, 6.45) is 4.91. The third-order valence-electron chi connectivity index (χ3n) is 4.07. The molecule has 0 spiro atoms. The standard InChI is InChI=1S/C16H22O2/c1-12(15(17)13-8-4-2-5-9-13)16(18)14-10-6-3-7-11-14/h2,4-5,8-9,12,14-15,17H,3,6-7,10-11H2,1H3/t12-,15+/m1/s1. The third kappa shape index (κ3) is 2.99. The molecule has 0 aliphatic heterocycles. The predicted molar refractivity (Wildman–Crippen MR) is 72.1 cm³/mol. The third-order valence-corrected chi connectivity index (χ3v) is 4.07. The van der Waals surface area contributed by atoms with Crippen LogP contribution in [0.25, 0.3) is 0 Å². The van der Waals surface area contributed by atoms with Crippen LogP contribution in [0.15, 0.2) is 30.3 Å². The first-order chi connectivity index (χ1) is 8.70. The van der Waals surface area contributed by atoms with Gasteiger partial charge in [0.15, 0.2) is 0 Å². The molecule has 1 fully saturated rings. The number of ketones is 1. The van der Waals surface area contributed by atoms with E-state index in [1.165, 1.54) is 6.42 Å². The highest BCUT2D eigenvalue weighted by molar-refractivity contribution is 5.83. The fourth-order valence-electron chi connectivity index (χ4n) is 2.85. The van der Waals surface area contributed by atoms with E-state index < -0.39 is 6.10 Å². The summed E-state index contributed by atoms with van der Waals surface area (Å²) in [4.78, 5) is 12.4. The minimum absolute atomic E-state index is 0.173. The zero-order valence-electron chi connectivity index (χ0n) is 11.0. The molecule has 0 radical (unpaired) electrons. The van der Waals surface area contributed by atoms with Gasteiger partial charge in [-0.15, -0.1) is 0 Å². The van der Waals surface area contributed by atoms with Crippen LogP contribution in [0.5, 0.6) is 0 Å². The summed E-state index contributed by atoms with van der Waals surface area (Å²) in [7, 11) is 0. The predicted octanol–water partition coefficient (Wildman–Crippen LogP) is 3.51. The molecule has 1 aromatic carbocycles. The molecule has 18 heavy (non-hydrogen) atoms. The van der Waals surface area contributed by atoms with Crippen molar-refractivity contribution < 1.29 is 9.90 Å². The van der Waals surface area contributed by atoms with Gasteiger partial charge in [0.05, 0.1) is 6.10 Å². The Morgan fingerprint density at radius 1 is 1.17 bits per heavy atom. The second-order valence-corrected chi connectivity index (χ2v) is 5.38. The first kappa shape index (κ1) is 13.3. The molecule has 1 N–H and O–H groups in total. The molecule has 0 amide bonds. The monoisotopic (exact) mass is 246 g/mol. The zero-order chi connectivity index (χ0) is 13.0. The molecule has 0 unspecified atom stereocenters. The molecule has 0 saturated heterocycles. The van der Waals surface area contributed by atoms with Crippen LogP contribution < -0.4 is 0 Å². The lowest BCUT2D eigenvalue weighted by Gasteiger charge is -2.26. The molecular formula is C16H22O2. The lowest BCUT2D eigenvalue weighted by molar-refractivity contribution is -0.130. The van der Waals surface area contributed by atoms with Crippen LogP contribution in [0.1, 0.15) is 50.7 Å². The summed E-state index contributed by atoms with van der Waals surface area (Å²) in [5.41, 5.74) is 0.842. The van der Waals surface area contributed by atoms with Gasteiger partial charge in [-0.3, -0.25) is 4.79 Å². The molecule has 1 aliphatic carbocycles. The van der Waals surface area contributed by atoms with Crippen LogP contribution in [0.4, 0.5) is 0 Å². The maximum absolute atomic E-state index is 12.4. The van der Waals surface area contributed by atoms with Gasteiger partial charge in [0.2, 0.25) is 0 Å². The molecule has 98 valence electrons. The van der Waals surface area contributed by atoms with Crippen LogP contribution in [0.2, 0.25) is 0 Å². The van der Waals surface area contributed by atoms with Crippen molar-refractivity contribution in [2.45, 2.75) is 45.1 Å². The molecule has 2 nitrogen and oxygen atoms in total. The fourth-order valence-corrected chi connectivity index (χ4v) is 2.85. The van der Waals surface area contributed by atoms with E-state index >= 15 is 0 Å². The number of Topliss-reactive ketones (excluding diaryl/α,β-unsaturated/α-hetero) is 1. The topological polar surface area (TPSA) is 37.3 Å². The van der Waals surface area contributed by atoms with Crippen molar-refractivity contribution in [3.05, 3.63) is 35.9 Å². The Hall–Kier alpha value is -1.15. The number of rotatable bonds is 4. The number of benzene rings is 1. The van der Waals surface area contributed by atoms with E-state index in [0.717, 1.165) is 31.2 Å². The molecule has 0 bridgehead atoms. The maximum atomic E-state index is 12.4. The molecule has 0 aromatic heterocycles. The van der Waals surface area contributed by atoms with Crippen molar-refractivity contribution in [1.29, 1.82) is 0 Å². The second-order valence-electron chi connectivity index (χ2n) is 5.38. The van der Waals surface area contributed by atoms with Gasteiger partial charge >= 0.3 is 0 Å². The molecule has 1 aliphatic rings. The van der Waals surface area contributed by atoms with Crippen molar-refractivity contribution in [3.8, 4) is 0 Å². The van der Waals surface area contributed by atoms with Gasteiger partial charge in [0, 0.05) is 11.8 Å². The maximum Gasteiger partial charge on any atom is 0.141 e. The molecule has 2 atom stereocenters. The number of carbonyl (C=O) groups is 1. The lowest BCUT2D eigenvalue weighted by Crippen LogP contribution is -2.27. The number of aliphatic hydroxyl groups excluding tert-OH is 1. The van der Waals surface area contributed by atoms with Gasteiger partial charge in [-0.2, -0.15) is 0 Å². The molecule has 2 heteroatoms. The van der Waals surface area contributed by atoms with Gasteiger partial charge in [-0.25, -0.2) is 0 Å². The smallest absolute Gasteiger partial charge is 0.141 e. The van der Waals surface area contributed by atoms with Crippen LogP contribution in [-0.4, -0.2) is 10.9 Å². The summed E-state index contributed by atoms with van der Waals surface area (Å²) >= 11 is 0. The highest BCUT2D eigenvalue weighted by Gasteiger charge is 2.30. The number of hydrogen-bond acceptors (Lipinski definition) is 2. The summed E-state index contributed by atoms with van der Waals surface area (Å²) in [6, 6.07) is 9.49. The largest absolute Gasteiger partial charge is 0.388 e. The van der Waals surface area contributed by atoms with Crippen LogP contribution in [0, 0.1) is 11.8 Å². The number of carbonyl (C=O) groups excluding carboxylic acids is 1. The average molecular weight is 246 g/mol. The highest BCUT2D eigenvalue weighted by atomic mass is 16.3. The average Bonchev–Trinajstić information content (AvgIpc) is 2.47. The lowest BCUT2D eigenvalue weighted by atomic mass is 9.79. The van der Waals surface area contributed by atoms with Gasteiger partial charge < -0.3 is 5.11 Å².